The Balaban J connectivity index is 2.09. The average molecular weight is 374 g/mol. The molecule has 0 spiro atoms. The Bertz CT molecular complexity index is 861. The van der Waals surface area contributed by atoms with Gasteiger partial charge in [-0.25, -0.2) is 4.90 Å². The number of amides is 2. The van der Waals surface area contributed by atoms with Crippen LogP contribution in [0.5, 0.6) is 0 Å². The van der Waals surface area contributed by atoms with E-state index in [4.69, 9.17) is 16.7 Å². The van der Waals surface area contributed by atoms with E-state index in [-0.39, 0.29) is 6.61 Å². The van der Waals surface area contributed by atoms with E-state index in [1.807, 2.05) is 31.2 Å². The fourth-order valence-corrected chi connectivity index (χ4v) is 3.70. The number of aryl methyl sites for hydroxylation is 1. The second-order valence-corrected chi connectivity index (χ2v) is 7.05. The molecule has 0 saturated heterocycles. The summed E-state index contributed by atoms with van der Waals surface area (Å²) in [5.74, 6) is -0.477. The summed E-state index contributed by atoms with van der Waals surface area (Å²) < 4.78 is 0. The van der Waals surface area contributed by atoms with Crippen LogP contribution in [0.2, 0.25) is 5.02 Å². The van der Waals surface area contributed by atoms with Crippen molar-refractivity contribution in [2.45, 2.75) is 6.92 Å². The van der Waals surface area contributed by atoms with Crippen molar-refractivity contribution in [3.05, 3.63) is 69.6 Å². The molecule has 0 fully saturated rings. The molecule has 2 aromatic rings. The highest BCUT2D eigenvalue weighted by Gasteiger charge is 2.40. The first-order chi connectivity index (χ1) is 12.0. The maximum absolute atomic E-state index is 13.0. The highest BCUT2D eigenvalue weighted by Crippen LogP contribution is 2.40. The first kappa shape index (κ1) is 17.7. The molecule has 0 aliphatic carbocycles. The molecule has 3 rings (SSSR count). The van der Waals surface area contributed by atoms with E-state index in [0.717, 1.165) is 10.5 Å². The molecule has 128 valence electrons. The quantitative estimate of drug-likeness (QED) is 0.812. The van der Waals surface area contributed by atoms with Crippen LogP contribution < -0.4 is 4.90 Å². The molecule has 25 heavy (non-hydrogen) atoms. The molecule has 0 radical (unpaired) electrons. The monoisotopic (exact) mass is 373 g/mol. The van der Waals surface area contributed by atoms with E-state index in [0.29, 0.717) is 32.5 Å². The van der Waals surface area contributed by atoms with Crippen LogP contribution in [0.15, 0.2) is 53.4 Å². The molecular formula is C19H16ClNO3S. The molecule has 4 nitrogen and oxygen atoms in total. The number of benzene rings is 2. The summed E-state index contributed by atoms with van der Waals surface area (Å²) in [5, 5.41) is 9.46. The van der Waals surface area contributed by atoms with E-state index >= 15 is 0 Å². The third-order valence-electron chi connectivity index (χ3n) is 3.81. The number of carbonyl (C=O) groups excluding carboxylic acids is 2. The average Bonchev–Trinajstić information content (AvgIpc) is 2.85. The van der Waals surface area contributed by atoms with Gasteiger partial charge in [0.1, 0.15) is 0 Å². The number of carbonyl (C=O) groups is 2. The lowest BCUT2D eigenvalue weighted by molar-refractivity contribution is -0.119. The van der Waals surface area contributed by atoms with Crippen LogP contribution >= 0.6 is 23.4 Å². The summed E-state index contributed by atoms with van der Waals surface area (Å²) in [6.45, 7) is 1.88. The van der Waals surface area contributed by atoms with Crippen LogP contribution in [0.25, 0.3) is 5.57 Å². The number of rotatable bonds is 5. The number of hydrogen-bond donors (Lipinski definition) is 1. The van der Waals surface area contributed by atoms with Gasteiger partial charge in [0.25, 0.3) is 11.8 Å². The predicted octanol–water partition coefficient (Wildman–Crippen LogP) is 3.66. The second-order valence-electron chi connectivity index (χ2n) is 5.54. The van der Waals surface area contributed by atoms with Gasteiger partial charge in [-0.1, -0.05) is 53.6 Å². The van der Waals surface area contributed by atoms with Crippen molar-refractivity contribution < 1.29 is 14.7 Å². The number of nitrogens with zero attached hydrogens (tertiary/aromatic N) is 1. The van der Waals surface area contributed by atoms with E-state index in [1.54, 1.807) is 24.3 Å². The normalized spacial score (nSPS) is 14.6. The lowest BCUT2D eigenvalue weighted by atomic mass is 10.0. The number of halogens is 1. The standard InChI is InChI=1S/C19H16ClNO3S/c1-12-6-8-13(9-7-12)16-17(25-11-10-22)19(24)21(18(16)23)15-5-3-2-4-14(15)20/h2-9,22H,10-11H2,1H3. The number of para-hydroxylation sites is 1. The minimum atomic E-state index is -0.410. The molecule has 2 amide bonds. The lowest BCUT2D eigenvalue weighted by Gasteiger charge is -2.16. The molecule has 1 heterocycles. The Morgan fingerprint density at radius 2 is 1.72 bits per heavy atom. The van der Waals surface area contributed by atoms with Gasteiger partial charge < -0.3 is 5.11 Å². The second kappa shape index (κ2) is 7.44. The molecule has 0 bridgehead atoms. The number of aliphatic hydroxyl groups excluding tert-OH is 1. The Kier molecular flexibility index (Phi) is 5.27. The molecule has 6 heteroatoms. The van der Waals surface area contributed by atoms with Crippen molar-refractivity contribution in [1.29, 1.82) is 0 Å². The van der Waals surface area contributed by atoms with E-state index in [1.165, 1.54) is 11.8 Å². The molecule has 1 N–H and O–H groups in total. The van der Waals surface area contributed by atoms with Crippen molar-refractivity contribution in [3.63, 3.8) is 0 Å². The topological polar surface area (TPSA) is 57.6 Å². The zero-order valence-corrected chi connectivity index (χ0v) is 15.1. The maximum Gasteiger partial charge on any atom is 0.272 e. The van der Waals surface area contributed by atoms with Crippen LogP contribution in [0, 0.1) is 6.92 Å². The van der Waals surface area contributed by atoms with E-state index < -0.39 is 11.8 Å². The van der Waals surface area contributed by atoms with Gasteiger partial charge in [0.15, 0.2) is 0 Å². The van der Waals surface area contributed by atoms with E-state index in [2.05, 4.69) is 0 Å². The molecule has 2 aromatic carbocycles. The van der Waals surface area contributed by atoms with Gasteiger partial charge in [0.2, 0.25) is 0 Å². The van der Waals surface area contributed by atoms with Crippen molar-refractivity contribution in [3.8, 4) is 0 Å². The molecule has 1 aliphatic rings. The number of anilines is 1. The molecule has 0 atom stereocenters. The van der Waals surface area contributed by atoms with Crippen molar-refractivity contribution in [1.82, 2.24) is 0 Å². The number of thioether (sulfide) groups is 1. The molecular weight excluding hydrogens is 358 g/mol. The van der Waals surface area contributed by atoms with Gasteiger partial charge >= 0.3 is 0 Å². The zero-order valence-electron chi connectivity index (χ0n) is 13.5. The summed E-state index contributed by atoms with van der Waals surface area (Å²) in [6, 6.07) is 14.2. The van der Waals surface area contributed by atoms with Crippen molar-refractivity contribution in [2.75, 3.05) is 17.3 Å². The number of hydrogen-bond acceptors (Lipinski definition) is 4. The third kappa shape index (κ3) is 3.35. The van der Waals surface area contributed by atoms with Gasteiger partial charge in [-0.15, -0.1) is 11.8 Å². The van der Waals surface area contributed by atoms with Gasteiger partial charge in [-0.05, 0) is 24.6 Å². The Labute approximate surface area is 155 Å². The summed E-state index contributed by atoms with van der Waals surface area (Å²) in [4.78, 5) is 27.4. The fourth-order valence-electron chi connectivity index (χ4n) is 2.62. The molecule has 1 aliphatic heterocycles. The number of imide groups is 1. The zero-order chi connectivity index (χ0) is 18.0. The Morgan fingerprint density at radius 1 is 1.04 bits per heavy atom. The first-order valence-electron chi connectivity index (χ1n) is 7.73. The summed E-state index contributed by atoms with van der Waals surface area (Å²) in [5.41, 5.74) is 2.46. The minimum Gasteiger partial charge on any atom is -0.396 e. The third-order valence-corrected chi connectivity index (χ3v) is 5.19. The molecule has 0 saturated carbocycles. The lowest BCUT2D eigenvalue weighted by Crippen LogP contribution is -2.31. The molecule has 0 aromatic heterocycles. The predicted molar refractivity (Wildman–Crippen MR) is 102 cm³/mol. The summed E-state index contributed by atoms with van der Waals surface area (Å²) in [7, 11) is 0. The highest BCUT2D eigenvalue weighted by molar-refractivity contribution is 8.04. The Morgan fingerprint density at radius 3 is 2.36 bits per heavy atom. The molecule has 0 unspecified atom stereocenters. The van der Waals surface area contributed by atoms with Gasteiger partial charge in [0.05, 0.1) is 27.8 Å². The van der Waals surface area contributed by atoms with Crippen LogP contribution in [0.4, 0.5) is 5.69 Å². The van der Waals surface area contributed by atoms with Gasteiger partial charge in [-0.2, -0.15) is 0 Å². The smallest absolute Gasteiger partial charge is 0.272 e. The van der Waals surface area contributed by atoms with Crippen molar-refractivity contribution >= 4 is 46.4 Å². The van der Waals surface area contributed by atoms with Crippen LogP contribution in [-0.2, 0) is 9.59 Å². The van der Waals surface area contributed by atoms with Crippen molar-refractivity contribution in [2.24, 2.45) is 0 Å². The van der Waals surface area contributed by atoms with Gasteiger partial charge in [0, 0.05) is 5.75 Å². The first-order valence-corrected chi connectivity index (χ1v) is 9.09. The summed E-state index contributed by atoms with van der Waals surface area (Å²) in [6.07, 6.45) is 0. The van der Waals surface area contributed by atoms with Crippen LogP contribution in [0.1, 0.15) is 11.1 Å². The minimum absolute atomic E-state index is 0.0804. The summed E-state index contributed by atoms with van der Waals surface area (Å²) >= 11 is 7.37. The number of aliphatic hydroxyl groups is 1. The maximum atomic E-state index is 13.0. The SMILES string of the molecule is Cc1ccc(C2=C(SCCO)C(=O)N(c3ccccc3Cl)C2=O)cc1. The largest absolute Gasteiger partial charge is 0.396 e. The van der Waals surface area contributed by atoms with Gasteiger partial charge in [-0.3, -0.25) is 9.59 Å². The Hall–Kier alpha value is -2.08. The van der Waals surface area contributed by atoms with E-state index in [9.17, 15) is 9.59 Å². The fraction of sp³-hybridized carbons (Fsp3) is 0.158. The van der Waals surface area contributed by atoms with Crippen LogP contribution in [-0.4, -0.2) is 29.3 Å². The highest BCUT2D eigenvalue weighted by atomic mass is 35.5. The van der Waals surface area contributed by atoms with Crippen LogP contribution in [0.3, 0.4) is 0 Å².